The van der Waals surface area contributed by atoms with E-state index in [2.05, 4.69) is 61.1 Å². The molecule has 1 amide bonds. The van der Waals surface area contributed by atoms with Gasteiger partial charge in [-0.3, -0.25) is 4.79 Å². The van der Waals surface area contributed by atoms with Crippen molar-refractivity contribution in [2.75, 3.05) is 44.7 Å². The van der Waals surface area contributed by atoms with E-state index in [4.69, 9.17) is 12.2 Å². The first-order valence-electron chi connectivity index (χ1n) is 9.43. The van der Waals surface area contributed by atoms with Crippen molar-refractivity contribution in [2.45, 2.75) is 38.6 Å². The van der Waals surface area contributed by atoms with Gasteiger partial charge in [0, 0.05) is 37.4 Å². The molecule has 2 aliphatic rings. The Balaban J connectivity index is 1.69. The van der Waals surface area contributed by atoms with Gasteiger partial charge in [0.05, 0.1) is 6.54 Å². The number of para-hydroxylation sites is 1. The highest BCUT2D eigenvalue weighted by molar-refractivity contribution is 7.80. The number of nitrogens with zero attached hydrogens (tertiary/aromatic N) is 3. The van der Waals surface area contributed by atoms with Gasteiger partial charge in [-0.25, -0.2) is 0 Å². The van der Waals surface area contributed by atoms with Crippen LogP contribution in [0.15, 0.2) is 24.3 Å². The van der Waals surface area contributed by atoms with E-state index in [0.29, 0.717) is 11.0 Å². The van der Waals surface area contributed by atoms with E-state index in [0.717, 1.165) is 38.3 Å². The number of amides is 1. The summed E-state index contributed by atoms with van der Waals surface area (Å²) in [7, 11) is 2.12. The van der Waals surface area contributed by atoms with Crippen LogP contribution in [0.25, 0.3) is 0 Å². The van der Waals surface area contributed by atoms with Crippen molar-refractivity contribution >= 4 is 28.9 Å². The highest BCUT2D eigenvalue weighted by atomic mass is 32.1. The molecule has 6 heteroatoms. The van der Waals surface area contributed by atoms with Gasteiger partial charge < -0.3 is 20.0 Å². The smallest absolute Gasteiger partial charge is 0.246 e. The zero-order valence-corrected chi connectivity index (χ0v) is 17.1. The quantitative estimate of drug-likeness (QED) is 0.805. The van der Waals surface area contributed by atoms with Gasteiger partial charge in [0.15, 0.2) is 5.11 Å². The maximum atomic E-state index is 13.1. The minimum Gasteiger partial charge on any atom is -0.353 e. The number of fused-ring (bicyclic) bond motifs is 1. The third-order valence-electron chi connectivity index (χ3n) is 5.55. The van der Waals surface area contributed by atoms with E-state index in [1.54, 1.807) is 0 Å². The first-order chi connectivity index (χ1) is 12.3. The molecular weight excluding hydrogens is 344 g/mol. The maximum absolute atomic E-state index is 13.1. The molecule has 1 atom stereocenters. The Hall–Kier alpha value is -1.66. The second-order valence-electron chi connectivity index (χ2n) is 8.15. The summed E-state index contributed by atoms with van der Waals surface area (Å²) in [5, 5.41) is 3.87. The molecular formula is C20H30N4OS. The summed E-state index contributed by atoms with van der Waals surface area (Å²) in [4.78, 5) is 19.5. The number of anilines is 1. The Morgan fingerprint density at radius 2 is 1.88 bits per heavy atom. The fourth-order valence-electron chi connectivity index (χ4n) is 4.21. The molecule has 1 saturated heterocycles. The third-order valence-corrected chi connectivity index (χ3v) is 5.95. The van der Waals surface area contributed by atoms with Crippen molar-refractivity contribution in [3.8, 4) is 0 Å². The summed E-state index contributed by atoms with van der Waals surface area (Å²) < 4.78 is 0. The Labute approximate surface area is 162 Å². The molecule has 1 fully saturated rings. The Morgan fingerprint density at radius 1 is 1.23 bits per heavy atom. The van der Waals surface area contributed by atoms with Gasteiger partial charge >= 0.3 is 0 Å². The standard InChI is InChI=1S/C20H30N4OS/c1-15-13-20(2,3)24(17-8-6-5-7-16(15)17)18(25)14-21-19(26)23-11-9-22(4)10-12-23/h5-8,15H,9-14H2,1-4H3,(H,21,26)/t15-/m1/s1. The van der Waals surface area contributed by atoms with Crippen LogP contribution in [0.4, 0.5) is 5.69 Å². The number of carbonyl (C=O) groups excluding carboxylic acids is 1. The van der Waals surface area contributed by atoms with Crippen LogP contribution in [-0.4, -0.2) is 66.1 Å². The molecule has 0 saturated carbocycles. The predicted molar refractivity (Wildman–Crippen MR) is 111 cm³/mol. The largest absolute Gasteiger partial charge is 0.353 e. The number of rotatable bonds is 2. The van der Waals surface area contributed by atoms with E-state index in [1.165, 1.54) is 5.56 Å². The topological polar surface area (TPSA) is 38.8 Å². The third kappa shape index (κ3) is 3.86. The fraction of sp³-hybridized carbons (Fsp3) is 0.600. The second-order valence-corrected chi connectivity index (χ2v) is 8.54. The molecule has 5 nitrogen and oxygen atoms in total. The first-order valence-corrected chi connectivity index (χ1v) is 9.84. The molecule has 0 radical (unpaired) electrons. The van der Waals surface area contributed by atoms with Crippen molar-refractivity contribution in [1.82, 2.24) is 15.1 Å². The van der Waals surface area contributed by atoms with Gasteiger partial charge in [0.2, 0.25) is 5.91 Å². The molecule has 1 aromatic rings. The molecule has 3 rings (SSSR count). The molecule has 2 aliphatic heterocycles. The lowest BCUT2D eigenvalue weighted by Gasteiger charge is -2.46. The first kappa shape index (κ1) is 19.1. The minimum absolute atomic E-state index is 0.0748. The lowest BCUT2D eigenvalue weighted by molar-refractivity contribution is -0.118. The Morgan fingerprint density at radius 3 is 2.58 bits per heavy atom. The highest BCUT2D eigenvalue weighted by Gasteiger charge is 2.39. The highest BCUT2D eigenvalue weighted by Crippen LogP contribution is 2.43. The monoisotopic (exact) mass is 374 g/mol. The number of hydrogen-bond donors (Lipinski definition) is 1. The molecule has 0 aliphatic carbocycles. The van der Waals surface area contributed by atoms with Crippen LogP contribution in [-0.2, 0) is 4.79 Å². The Kier molecular flexibility index (Phi) is 5.53. The number of nitrogens with one attached hydrogen (secondary N) is 1. The van der Waals surface area contributed by atoms with Gasteiger partial charge in [0.1, 0.15) is 0 Å². The van der Waals surface area contributed by atoms with Crippen LogP contribution >= 0.6 is 12.2 Å². The number of carbonyl (C=O) groups is 1. The van der Waals surface area contributed by atoms with Crippen molar-refractivity contribution in [1.29, 1.82) is 0 Å². The number of piperazine rings is 1. The van der Waals surface area contributed by atoms with Crippen molar-refractivity contribution < 1.29 is 4.79 Å². The normalized spacial score (nSPS) is 22.7. The van der Waals surface area contributed by atoms with Crippen LogP contribution in [0, 0.1) is 0 Å². The number of thiocarbonyl (C=S) groups is 1. The van der Waals surface area contributed by atoms with Crippen LogP contribution in [0.5, 0.6) is 0 Å². The zero-order chi connectivity index (χ0) is 18.9. The molecule has 0 unspecified atom stereocenters. The minimum atomic E-state index is -0.206. The SMILES string of the molecule is C[C@@H]1CC(C)(C)N(C(=O)CNC(=S)N2CCN(C)CC2)c2ccccc21. The number of benzene rings is 1. The van der Waals surface area contributed by atoms with E-state index < -0.39 is 0 Å². The van der Waals surface area contributed by atoms with Gasteiger partial charge in [-0.2, -0.15) is 0 Å². The van der Waals surface area contributed by atoms with E-state index in [-0.39, 0.29) is 18.0 Å². The lowest BCUT2D eigenvalue weighted by atomic mass is 9.80. The molecule has 0 aromatic heterocycles. The van der Waals surface area contributed by atoms with Gasteiger partial charge in [-0.15, -0.1) is 0 Å². The summed E-state index contributed by atoms with van der Waals surface area (Å²) in [6, 6.07) is 8.26. The fourth-order valence-corrected chi connectivity index (χ4v) is 4.46. The van der Waals surface area contributed by atoms with Gasteiger partial charge in [0.25, 0.3) is 0 Å². The lowest BCUT2D eigenvalue weighted by Crippen LogP contribution is -2.56. The average Bonchev–Trinajstić information content (AvgIpc) is 2.59. The molecule has 1 N–H and O–H groups in total. The van der Waals surface area contributed by atoms with Gasteiger partial charge in [-0.05, 0) is 57.1 Å². The summed E-state index contributed by atoms with van der Waals surface area (Å²) in [6.07, 6.45) is 0.957. The van der Waals surface area contributed by atoms with E-state index >= 15 is 0 Å². The van der Waals surface area contributed by atoms with Crippen LogP contribution in [0.3, 0.4) is 0 Å². The van der Waals surface area contributed by atoms with E-state index in [9.17, 15) is 4.79 Å². The number of hydrogen-bond acceptors (Lipinski definition) is 3. The summed E-state index contributed by atoms with van der Waals surface area (Å²) in [5.74, 6) is 0.524. The van der Waals surface area contributed by atoms with Crippen LogP contribution in [0.1, 0.15) is 38.7 Å². The summed E-state index contributed by atoms with van der Waals surface area (Å²) in [6.45, 7) is 10.6. The summed E-state index contributed by atoms with van der Waals surface area (Å²) >= 11 is 5.51. The molecule has 1 aromatic carbocycles. The summed E-state index contributed by atoms with van der Waals surface area (Å²) in [5.41, 5.74) is 2.08. The van der Waals surface area contributed by atoms with Crippen molar-refractivity contribution in [3.05, 3.63) is 29.8 Å². The number of likely N-dealkylation sites (N-methyl/N-ethyl adjacent to an activating group) is 1. The van der Waals surface area contributed by atoms with Gasteiger partial charge in [-0.1, -0.05) is 25.1 Å². The van der Waals surface area contributed by atoms with Crippen molar-refractivity contribution in [2.24, 2.45) is 0 Å². The average molecular weight is 375 g/mol. The Bertz CT molecular complexity index is 682. The molecule has 142 valence electrons. The zero-order valence-electron chi connectivity index (χ0n) is 16.3. The predicted octanol–water partition coefficient (Wildman–Crippen LogP) is 2.43. The maximum Gasteiger partial charge on any atom is 0.246 e. The molecule has 2 heterocycles. The van der Waals surface area contributed by atoms with Crippen LogP contribution in [0.2, 0.25) is 0 Å². The van der Waals surface area contributed by atoms with Crippen molar-refractivity contribution in [3.63, 3.8) is 0 Å². The second kappa shape index (κ2) is 7.53. The molecule has 0 bridgehead atoms. The molecule has 26 heavy (non-hydrogen) atoms. The molecule has 0 spiro atoms. The van der Waals surface area contributed by atoms with E-state index in [1.807, 2.05) is 11.0 Å². The van der Waals surface area contributed by atoms with Crippen LogP contribution < -0.4 is 10.2 Å².